The lowest BCUT2D eigenvalue weighted by Gasteiger charge is -2.09. The molecule has 3 aromatic carbocycles. The molecule has 3 aromatic rings. The minimum atomic E-state index is -0.453. The first-order valence-corrected chi connectivity index (χ1v) is 7.28. The second-order valence-electron chi connectivity index (χ2n) is 4.86. The molecule has 5 heteroatoms. The Morgan fingerprint density at radius 2 is 1.57 bits per heavy atom. The van der Waals surface area contributed by atoms with E-state index in [4.69, 9.17) is 16.3 Å². The molecule has 0 saturated carbocycles. The van der Waals surface area contributed by atoms with Crippen LogP contribution >= 0.6 is 11.6 Å². The first-order chi connectivity index (χ1) is 11.1. The molecule has 0 aliphatic rings. The molecule has 0 bridgehead atoms. The number of non-ortho nitro benzene ring substituents is 1. The van der Waals surface area contributed by atoms with E-state index in [9.17, 15) is 10.1 Å². The Labute approximate surface area is 138 Å². The molecule has 0 amide bonds. The average molecular weight is 326 g/mol. The predicted octanol–water partition coefficient (Wildman–Crippen LogP) is 5.71. The molecule has 0 unspecified atom stereocenters. The van der Waals surface area contributed by atoms with Crippen LogP contribution < -0.4 is 4.74 Å². The van der Waals surface area contributed by atoms with Crippen LogP contribution in [-0.4, -0.2) is 4.92 Å². The highest BCUT2D eigenvalue weighted by Crippen LogP contribution is 2.33. The van der Waals surface area contributed by atoms with Crippen molar-refractivity contribution >= 4 is 17.3 Å². The molecule has 0 saturated heterocycles. The molecule has 4 nitrogen and oxygen atoms in total. The first-order valence-electron chi connectivity index (χ1n) is 6.91. The van der Waals surface area contributed by atoms with E-state index >= 15 is 0 Å². The monoisotopic (exact) mass is 325 g/mol. The summed E-state index contributed by atoms with van der Waals surface area (Å²) >= 11 is 6.28. The van der Waals surface area contributed by atoms with Crippen LogP contribution in [0.1, 0.15) is 0 Å². The highest BCUT2D eigenvalue weighted by molar-refractivity contribution is 6.32. The number of hydrogen-bond acceptors (Lipinski definition) is 3. The van der Waals surface area contributed by atoms with Gasteiger partial charge in [0.05, 0.1) is 9.95 Å². The molecule has 0 N–H and O–H groups in total. The maximum atomic E-state index is 10.6. The van der Waals surface area contributed by atoms with Crippen molar-refractivity contribution < 1.29 is 9.66 Å². The standard InChI is InChI=1S/C18H12ClNO3/c19-17-12-14(13-4-2-1-3-5-13)6-11-18(17)23-16-9-7-15(8-10-16)20(21)22/h1-12H. The molecule has 0 radical (unpaired) electrons. The van der Waals surface area contributed by atoms with Crippen LogP contribution in [0.5, 0.6) is 11.5 Å². The lowest BCUT2D eigenvalue weighted by Crippen LogP contribution is -1.89. The molecule has 0 spiro atoms. The number of hydrogen-bond donors (Lipinski definition) is 0. The number of nitrogens with zero attached hydrogens (tertiary/aromatic N) is 1. The van der Waals surface area contributed by atoms with Gasteiger partial charge in [-0.1, -0.05) is 48.0 Å². The number of halogens is 1. The van der Waals surface area contributed by atoms with E-state index in [0.29, 0.717) is 16.5 Å². The quantitative estimate of drug-likeness (QED) is 0.456. The molecule has 0 aliphatic heterocycles. The Morgan fingerprint density at radius 1 is 0.870 bits per heavy atom. The second-order valence-corrected chi connectivity index (χ2v) is 5.27. The zero-order valence-electron chi connectivity index (χ0n) is 12.0. The normalized spacial score (nSPS) is 10.3. The second kappa shape index (κ2) is 6.50. The smallest absolute Gasteiger partial charge is 0.269 e. The Kier molecular flexibility index (Phi) is 4.26. The van der Waals surface area contributed by atoms with E-state index in [1.165, 1.54) is 12.1 Å². The van der Waals surface area contributed by atoms with Crippen LogP contribution in [0.2, 0.25) is 5.02 Å². The Morgan fingerprint density at radius 3 is 2.17 bits per heavy atom. The molecule has 114 valence electrons. The Bertz CT molecular complexity index is 833. The number of benzene rings is 3. The van der Waals surface area contributed by atoms with Crippen molar-refractivity contribution in [3.63, 3.8) is 0 Å². The van der Waals surface area contributed by atoms with Gasteiger partial charge >= 0.3 is 0 Å². The summed E-state index contributed by atoms with van der Waals surface area (Å²) in [5, 5.41) is 11.1. The maximum absolute atomic E-state index is 10.6. The minimum absolute atomic E-state index is 0.0165. The van der Waals surface area contributed by atoms with Gasteiger partial charge in [-0.2, -0.15) is 0 Å². The van der Waals surface area contributed by atoms with Gasteiger partial charge in [-0.3, -0.25) is 10.1 Å². The molecular formula is C18H12ClNO3. The molecule has 0 atom stereocenters. The van der Waals surface area contributed by atoms with Gasteiger partial charge in [0, 0.05) is 12.1 Å². The van der Waals surface area contributed by atoms with Gasteiger partial charge in [0.1, 0.15) is 11.5 Å². The predicted molar refractivity (Wildman–Crippen MR) is 90.1 cm³/mol. The number of ether oxygens (including phenoxy) is 1. The van der Waals surface area contributed by atoms with Crippen LogP contribution in [0.3, 0.4) is 0 Å². The molecule has 0 aromatic heterocycles. The highest BCUT2D eigenvalue weighted by atomic mass is 35.5. The van der Waals surface area contributed by atoms with Gasteiger partial charge < -0.3 is 4.74 Å². The molecule has 0 heterocycles. The summed E-state index contributed by atoms with van der Waals surface area (Å²) < 4.78 is 5.68. The van der Waals surface area contributed by atoms with Crippen LogP contribution in [0.4, 0.5) is 5.69 Å². The van der Waals surface area contributed by atoms with Crippen LogP contribution in [0.25, 0.3) is 11.1 Å². The summed E-state index contributed by atoms with van der Waals surface area (Å²) in [6.45, 7) is 0. The molecule has 23 heavy (non-hydrogen) atoms. The fourth-order valence-electron chi connectivity index (χ4n) is 2.16. The van der Waals surface area contributed by atoms with Crippen molar-refractivity contribution in [3.8, 4) is 22.6 Å². The summed E-state index contributed by atoms with van der Waals surface area (Å²) in [5.74, 6) is 0.991. The van der Waals surface area contributed by atoms with Gasteiger partial charge in [-0.25, -0.2) is 0 Å². The fraction of sp³-hybridized carbons (Fsp3) is 0. The number of nitro benzene ring substituents is 1. The van der Waals surface area contributed by atoms with Crippen molar-refractivity contribution in [2.75, 3.05) is 0 Å². The van der Waals surface area contributed by atoms with E-state index in [0.717, 1.165) is 11.1 Å². The average Bonchev–Trinajstić information content (AvgIpc) is 2.58. The Balaban J connectivity index is 1.82. The molecule has 3 rings (SSSR count). The topological polar surface area (TPSA) is 52.4 Å². The van der Waals surface area contributed by atoms with E-state index in [1.807, 2.05) is 42.5 Å². The summed E-state index contributed by atoms with van der Waals surface area (Å²) in [4.78, 5) is 10.2. The van der Waals surface area contributed by atoms with Crippen molar-refractivity contribution in [1.82, 2.24) is 0 Å². The Hall–Kier alpha value is -2.85. The fourth-order valence-corrected chi connectivity index (χ4v) is 2.38. The van der Waals surface area contributed by atoms with Crippen molar-refractivity contribution in [3.05, 3.63) is 87.9 Å². The van der Waals surface area contributed by atoms with Crippen molar-refractivity contribution in [2.24, 2.45) is 0 Å². The van der Waals surface area contributed by atoms with Crippen LogP contribution in [0.15, 0.2) is 72.8 Å². The van der Waals surface area contributed by atoms with E-state index in [-0.39, 0.29) is 5.69 Å². The largest absolute Gasteiger partial charge is 0.456 e. The van der Waals surface area contributed by atoms with Gasteiger partial charge in [0.2, 0.25) is 0 Å². The summed E-state index contributed by atoms with van der Waals surface area (Å²) in [5.41, 5.74) is 2.07. The lowest BCUT2D eigenvalue weighted by atomic mass is 10.1. The molecule has 0 aliphatic carbocycles. The minimum Gasteiger partial charge on any atom is -0.456 e. The number of rotatable bonds is 4. The molecule has 0 fully saturated rings. The van der Waals surface area contributed by atoms with Crippen LogP contribution in [0, 0.1) is 10.1 Å². The van der Waals surface area contributed by atoms with E-state index in [2.05, 4.69) is 0 Å². The third-order valence-electron chi connectivity index (χ3n) is 3.31. The highest BCUT2D eigenvalue weighted by Gasteiger charge is 2.08. The number of nitro groups is 1. The van der Waals surface area contributed by atoms with E-state index in [1.54, 1.807) is 18.2 Å². The van der Waals surface area contributed by atoms with Crippen molar-refractivity contribution in [1.29, 1.82) is 0 Å². The zero-order chi connectivity index (χ0) is 16.2. The molecular weight excluding hydrogens is 314 g/mol. The summed E-state index contributed by atoms with van der Waals surface area (Å²) in [6, 6.07) is 21.3. The van der Waals surface area contributed by atoms with Gasteiger partial charge in [0.15, 0.2) is 0 Å². The first kappa shape index (κ1) is 15.1. The third-order valence-corrected chi connectivity index (χ3v) is 3.61. The van der Waals surface area contributed by atoms with Crippen LogP contribution in [-0.2, 0) is 0 Å². The van der Waals surface area contributed by atoms with Gasteiger partial charge in [0.25, 0.3) is 5.69 Å². The van der Waals surface area contributed by atoms with E-state index < -0.39 is 4.92 Å². The van der Waals surface area contributed by atoms with Gasteiger partial charge in [-0.15, -0.1) is 0 Å². The van der Waals surface area contributed by atoms with Crippen molar-refractivity contribution in [2.45, 2.75) is 0 Å². The summed E-state index contributed by atoms with van der Waals surface area (Å²) in [6.07, 6.45) is 0. The van der Waals surface area contributed by atoms with Gasteiger partial charge in [-0.05, 0) is 35.4 Å². The maximum Gasteiger partial charge on any atom is 0.269 e. The third kappa shape index (κ3) is 3.49. The zero-order valence-corrected chi connectivity index (χ0v) is 12.7. The SMILES string of the molecule is O=[N+]([O-])c1ccc(Oc2ccc(-c3ccccc3)cc2Cl)cc1. The lowest BCUT2D eigenvalue weighted by molar-refractivity contribution is -0.384. The summed E-state index contributed by atoms with van der Waals surface area (Å²) in [7, 11) is 0.